The van der Waals surface area contributed by atoms with E-state index in [2.05, 4.69) is 10.4 Å². The van der Waals surface area contributed by atoms with Gasteiger partial charge in [-0.25, -0.2) is 8.42 Å². The summed E-state index contributed by atoms with van der Waals surface area (Å²) in [6, 6.07) is 17.6. The zero-order valence-corrected chi connectivity index (χ0v) is 22.8. The summed E-state index contributed by atoms with van der Waals surface area (Å²) in [6.45, 7) is 0.914. The molecule has 0 saturated heterocycles. The summed E-state index contributed by atoms with van der Waals surface area (Å²) >= 11 is 6.22. The molecule has 1 saturated carbocycles. The second kappa shape index (κ2) is 10.8. The molecule has 5 rings (SSSR count). The van der Waals surface area contributed by atoms with Crippen LogP contribution in [0.15, 0.2) is 71.8 Å². The smallest absolute Gasteiger partial charge is 0.243 e. The molecule has 1 N–H and O–H groups in total. The summed E-state index contributed by atoms with van der Waals surface area (Å²) in [5.41, 5.74) is 2.38. The Morgan fingerprint density at radius 3 is 2.58 bits per heavy atom. The van der Waals surface area contributed by atoms with Gasteiger partial charge in [0.1, 0.15) is 5.75 Å². The summed E-state index contributed by atoms with van der Waals surface area (Å²) in [7, 11) is -0.798. The maximum Gasteiger partial charge on any atom is 0.243 e. The molecule has 3 aromatic carbocycles. The van der Waals surface area contributed by atoms with E-state index in [1.54, 1.807) is 61.4 Å². The molecule has 8 nitrogen and oxygen atoms in total. The van der Waals surface area contributed by atoms with Crippen LogP contribution in [0.2, 0.25) is 5.02 Å². The van der Waals surface area contributed by atoms with Gasteiger partial charge in [0, 0.05) is 42.4 Å². The number of rotatable bonds is 10. The zero-order valence-electron chi connectivity index (χ0n) is 21.2. The first-order valence-electron chi connectivity index (χ1n) is 12.4. The van der Waals surface area contributed by atoms with Crippen molar-refractivity contribution in [2.75, 3.05) is 19.5 Å². The normalized spacial score (nSPS) is 13.7. The molecule has 198 valence electrons. The van der Waals surface area contributed by atoms with E-state index in [1.165, 1.54) is 10.4 Å². The maximum atomic E-state index is 13.8. The predicted octanol–water partition coefficient (Wildman–Crippen LogP) is 5.11. The Kier molecular flexibility index (Phi) is 7.43. The van der Waals surface area contributed by atoms with Crippen molar-refractivity contribution in [3.63, 3.8) is 0 Å². The highest BCUT2D eigenvalue weighted by Gasteiger charge is 2.27. The number of nitrogens with one attached hydrogen (secondary N) is 1. The minimum Gasteiger partial charge on any atom is -0.497 e. The van der Waals surface area contributed by atoms with Crippen molar-refractivity contribution in [1.29, 1.82) is 0 Å². The molecular weight excluding hydrogens is 524 g/mol. The first kappa shape index (κ1) is 26.2. The van der Waals surface area contributed by atoms with Gasteiger partial charge >= 0.3 is 0 Å². The molecule has 1 fully saturated rings. The number of carbonyl (C=O) groups excluding carboxylic acids is 1. The molecule has 0 bridgehead atoms. The van der Waals surface area contributed by atoms with E-state index < -0.39 is 10.0 Å². The Morgan fingerprint density at radius 1 is 1.16 bits per heavy atom. The summed E-state index contributed by atoms with van der Waals surface area (Å²) in [4.78, 5) is 13.0. The Hall–Kier alpha value is -3.40. The van der Waals surface area contributed by atoms with E-state index in [1.807, 2.05) is 18.2 Å². The number of amides is 1. The van der Waals surface area contributed by atoms with Crippen molar-refractivity contribution >= 4 is 44.1 Å². The lowest BCUT2D eigenvalue weighted by Gasteiger charge is -2.19. The third-order valence-electron chi connectivity index (χ3n) is 6.62. The van der Waals surface area contributed by atoms with Gasteiger partial charge in [-0.15, -0.1) is 0 Å². The van der Waals surface area contributed by atoms with Crippen molar-refractivity contribution in [3.05, 3.63) is 83.0 Å². The molecule has 1 aliphatic carbocycles. The van der Waals surface area contributed by atoms with Gasteiger partial charge in [-0.2, -0.15) is 9.40 Å². The molecule has 0 unspecified atom stereocenters. The Bertz CT molecular complexity index is 1580. The van der Waals surface area contributed by atoms with E-state index in [9.17, 15) is 13.2 Å². The fourth-order valence-electron chi connectivity index (χ4n) is 4.35. The largest absolute Gasteiger partial charge is 0.497 e. The summed E-state index contributed by atoms with van der Waals surface area (Å²) in [5, 5.41) is 8.51. The van der Waals surface area contributed by atoms with Crippen LogP contribution in [0.5, 0.6) is 5.75 Å². The molecule has 0 spiro atoms. The summed E-state index contributed by atoms with van der Waals surface area (Å²) in [6.07, 6.45) is 4.15. The van der Waals surface area contributed by atoms with Crippen molar-refractivity contribution < 1.29 is 17.9 Å². The number of hydrogen-bond donors (Lipinski definition) is 1. The molecular formula is C28H29ClN4O4S. The molecule has 0 atom stereocenters. The second-order valence-electron chi connectivity index (χ2n) is 9.63. The van der Waals surface area contributed by atoms with Crippen molar-refractivity contribution in [3.8, 4) is 5.75 Å². The van der Waals surface area contributed by atoms with Gasteiger partial charge in [0.05, 0.1) is 23.9 Å². The lowest BCUT2D eigenvalue weighted by Crippen LogP contribution is -2.27. The number of fused-ring (bicyclic) bond motifs is 1. The van der Waals surface area contributed by atoms with Gasteiger partial charge in [-0.05, 0) is 60.2 Å². The fourth-order valence-corrected chi connectivity index (χ4v) is 5.91. The Labute approximate surface area is 227 Å². The standard InChI is InChI=1S/C28H29ClN4O4S/c1-32(16-19-9-11-23(37-2)12-10-19)38(35,36)27-15-22(30-28(34)13-21-5-3-4-6-25(21)29)14-26-24(27)18-33(31-26)17-20-7-8-20/h3-6,9-12,14-15,18,20H,7-8,13,16-17H2,1-2H3,(H,30,34). The van der Waals surface area contributed by atoms with Crippen LogP contribution in [0.3, 0.4) is 0 Å². The third-order valence-corrected chi connectivity index (χ3v) is 8.83. The van der Waals surface area contributed by atoms with Crippen molar-refractivity contribution in [2.45, 2.75) is 37.2 Å². The zero-order chi connectivity index (χ0) is 26.9. The maximum absolute atomic E-state index is 13.8. The predicted molar refractivity (Wildman–Crippen MR) is 148 cm³/mol. The highest BCUT2D eigenvalue weighted by atomic mass is 35.5. The van der Waals surface area contributed by atoms with Crippen molar-refractivity contribution in [1.82, 2.24) is 14.1 Å². The van der Waals surface area contributed by atoms with Gasteiger partial charge in [0.2, 0.25) is 15.9 Å². The van der Waals surface area contributed by atoms with Crippen molar-refractivity contribution in [2.24, 2.45) is 5.92 Å². The van der Waals surface area contributed by atoms with Crippen LogP contribution in [0.25, 0.3) is 10.9 Å². The Balaban J connectivity index is 1.46. The molecule has 1 amide bonds. The lowest BCUT2D eigenvalue weighted by atomic mass is 10.1. The first-order chi connectivity index (χ1) is 18.2. The van der Waals surface area contributed by atoms with Gasteiger partial charge in [0.15, 0.2) is 0 Å². The first-order valence-corrected chi connectivity index (χ1v) is 14.2. The van der Waals surface area contributed by atoms with Crippen LogP contribution < -0.4 is 10.1 Å². The number of anilines is 1. The van der Waals surface area contributed by atoms with E-state index in [4.69, 9.17) is 16.3 Å². The van der Waals surface area contributed by atoms with E-state index in [0.717, 1.165) is 24.9 Å². The van der Waals surface area contributed by atoms with Crippen LogP contribution in [0.1, 0.15) is 24.0 Å². The van der Waals surface area contributed by atoms with Gasteiger partial charge in [0.25, 0.3) is 0 Å². The van der Waals surface area contributed by atoms with Crippen LogP contribution >= 0.6 is 11.6 Å². The molecule has 0 aliphatic heterocycles. The minimum atomic E-state index is -3.93. The topological polar surface area (TPSA) is 93.5 Å². The average Bonchev–Trinajstić information content (AvgIpc) is 3.61. The molecule has 1 heterocycles. The molecule has 10 heteroatoms. The van der Waals surface area contributed by atoms with Gasteiger partial charge < -0.3 is 10.1 Å². The number of sulfonamides is 1. The second-order valence-corrected chi connectivity index (χ2v) is 12.0. The number of halogens is 1. The molecule has 1 aromatic heterocycles. The molecule has 1 aliphatic rings. The summed E-state index contributed by atoms with van der Waals surface area (Å²) in [5.74, 6) is 0.964. The van der Waals surface area contributed by atoms with Gasteiger partial charge in [-0.3, -0.25) is 9.48 Å². The van der Waals surface area contributed by atoms with Gasteiger partial charge in [-0.1, -0.05) is 41.9 Å². The number of carbonyl (C=O) groups is 1. The monoisotopic (exact) mass is 552 g/mol. The van der Waals surface area contributed by atoms with Crippen LogP contribution in [-0.4, -0.2) is 42.6 Å². The van der Waals surface area contributed by atoms with Crippen LogP contribution in [0, 0.1) is 5.92 Å². The molecule has 38 heavy (non-hydrogen) atoms. The Morgan fingerprint density at radius 2 is 1.89 bits per heavy atom. The van der Waals surface area contributed by atoms with E-state index in [0.29, 0.717) is 38.8 Å². The fraction of sp³-hybridized carbons (Fsp3) is 0.286. The highest BCUT2D eigenvalue weighted by Crippen LogP contribution is 2.33. The molecule has 4 aromatic rings. The number of ether oxygens (including phenoxy) is 1. The summed E-state index contributed by atoms with van der Waals surface area (Å²) < 4.78 is 36.0. The minimum absolute atomic E-state index is 0.0628. The molecule has 0 radical (unpaired) electrons. The number of methoxy groups -OCH3 is 1. The third kappa shape index (κ3) is 5.85. The quantitative estimate of drug-likeness (QED) is 0.295. The van der Waals surface area contributed by atoms with E-state index >= 15 is 0 Å². The number of benzene rings is 3. The van der Waals surface area contributed by atoms with E-state index in [-0.39, 0.29) is 23.8 Å². The lowest BCUT2D eigenvalue weighted by molar-refractivity contribution is -0.115. The van der Waals surface area contributed by atoms with Crippen LogP contribution in [0.4, 0.5) is 5.69 Å². The van der Waals surface area contributed by atoms with Crippen LogP contribution in [-0.2, 0) is 34.3 Å². The number of nitrogens with zero attached hydrogens (tertiary/aromatic N) is 3. The number of hydrogen-bond acceptors (Lipinski definition) is 5. The number of aromatic nitrogens is 2. The SMILES string of the molecule is COc1ccc(CN(C)S(=O)(=O)c2cc(NC(=O)Cc3ccccc3Cl)cc3nn(CC4CC4)cc23)cc1. The average molecular weight is 553 g/mol. The highest BCUT2D eigenvalue weighted by molar-refractivity contribution is 7.89.